The molecule has 0 aromatic heterocycles. The van der Waals surface area contributed by atoms with Crippen LogP contribution in [0.1, 0.15) is 241 Å². The van der Waals surface area contributed by atoms with Gasteiger partial charge in [-0.3, -0.25) is 9.59 Å². The summed E-state index contributed by atoms with van der Waals surface area (Å²) in [7, 11) is 0. The number of hydrogen-bond donors (Lipinski definition) is 0. The smallest absolute Gasteiger partial charge is 0.313 e. The SMILES string of the molecule is [2H]C([2H])([2H])C([2H])([2H])C([2H])([2H])C([2H])([2H])C([2H])([2H])C([2H])([2H])C([2H])([2H])C([2H])([2H])C([2H])([2H])C([2H])([2H])C([2H])([2H])C([2H])([2H])C([2H])([2H])C(=O)OC(=O)C([2H])([2H])C([2H])([2H])C([2H])([2H])C([2H])([2H])C([2H])([2H])C([2H])([2H])C([2H])([2H])C([2H])([2H])C([2H])([2H])C([2H])([2H])C([2H])([2H])C([2H])([2H])C([2H])([2H])[2H]. The lowest BCUT2D eigenvalue weighted by atomic mass is 10.1. The molecule has 184 valence electrons. The van der Waals surface area contributed by atoms with Gasteiger partial charge in [0.05, 0.1) is 0 Å². The van der Waals surface area contributed by atoms with Crippen LogP contribution < -0.4 is 0 Å². The summed E-state index contributed by atoms with van der Waals surface area (Å²) in [5, 5.41) is 0. The van der Waals surface area contributed by atoms with Crippen molar-refractivity contribution in [3.05, 3.63) is 0 Å². The van der Waals surface area contributed by atoms with Gasteiger partial charge in [-0.2, -0.15) is 0 Å². The van der Waals surface area contributed by atoms with Crippen molar-refractivity contribution in [3.8, 4) is 0 Å². The van der Waals surface area contributed by atoms with Gasteiger partial charge in [0.15, 0.2) is 0 Å². The van der Waals surface area contributed by atoms with E-state index in [0.717, 1.165) is 0 Å². The number of esters is 2. The topological polar surface area (TPSA) is 43.4 Å². The maximum absolute atomic E-state index is 13.3. The molecule has 0 amide bonds. The van der Waals surface area contributed by atoms with Crippen molar-refractivity contribution in [2.45, 2.75) is 167 Å². The highest BCUT2D eigenvalue weighted by Crippen LogP contribution is 2.14. The fourth-order valence-electron chi connectivity index (χ4n) is 0.862. The van der Waals surface area contributed by atoms with E-state index in [1.54, 1.807) is 0 Å². The highest BCUT2D eigenvalue weighted by molar-refractivity contribution is 5.85. The Morgan fingerprint density at radius 1 is 0.484 bits per heavy atom. The first-order chi connectivity index (χ1) is 35.5. The maximum atomic E-state index is 13.3. The van der Waals surface area contributed by atoms with Crippen LogP contribution in [-0.4, -0.2) is 11.9 Å². The van der Waals surface area contributed by atoms with E-state index in [1.165, 1.54) is 0 Å². The Morgan fingerprint density at radius 3 is 1.03 bits per heavy atom. The third kappa shape index (κ3) is 25.3. The predicted molar refractivity (Wildman–Crippen MR) is 133 cm³/mol. The first-order valence-corrected chi connectivity index (χ1v) is 7.32. The van der Waals surface area contributed by atoms with Gasteiger partial charge in [0.25, 0.3) is 0 Å². The third-order valence-electron chi connectivity index (χ3n) is 1.76. The van der Waals surface area contributed by atoms with E-state index in [-0.39, 0.29) is 0 Å². The van der Waals surface area contributed by atoms with E-state index in [4.69, 9.17) is 74.0 Å². The summed E-state index contributed by atoms with van der Waals surface area (Å²) in [5.41, 5.74) is 0. The molecule has 0 rings (SSSR count). The van der Waals surface area contributed by atoms with E-state index in [0.29, 0.717) is 0 Å². The fraction of sp³-hybridized carbons (Fsp3) is 0.929. The summed E-state index contributed by atoms with van der Waals surface area (Å²) in [6, 6.07) is 0. The minimum absolute atomic E-state index is 3.45. The summed E-state index contributed by atoms with van der Waals surface area (Å²) in [5.74, 6) is -6.90. The summed E-state index contributed by atoms with van der Waals surface area (Å²) >= 11 is 0. The molecule has 0 atom stereocenters. The van der Waals surface area contributed by atoms with Crippen molar-refractivity contribution in [2.24, 2.45) is 0 Å². The van der Waals surface area contributed by atoms with Crippen molar-refractivity contribution < 1.29 is 88.3 Å². The molecule has 0 bridgehead atoms. The maximum Gasteiger partial charge on any atom is 0.313 e. The van der Waals surface area contributed by atoms with Crippen LogP contribution in [0.3, 0.4) is 0 Å². The number of hydrogen-bond acceptors (Lipinski definition) is 3. The Balaban J connectivity index is 7.82. The second-order valence-electron chi connectivity index (χ2n) is 3.68. The molecule has 0 aromatic carbocycles. The van der Waals surface area contributed by atoms with Gasteiger partial charge in [-0.25, -0.2) is 0 Å². The van der Waals surface area contributed by atoms with Crippen LogP contribution in [0.5, 0.6) is 0 Å². The van der Waals surface area contributed by atoms with E-state index >= 15 is 0 Å². The number of carbonyl (C=O) groups excluding carboxylic acids is 2. The lowest BCUT2D eigenvalue weighted by molar-refractivity contribution is -0.159. The zero-order chi connectivity index (χ0) is 70.9. The molecule has 0 aliphatic rings. The predicted octanol–water partition coefficient (Wildman–Crippen LogP) is 9.46. The lowest BCUT2D eigenvalue weighted by Gasteiger charge is -2.05. The molecule has 31 heavy (non-hydrogen) atoms. The average molecular weight is 493 g/mol. The summed E-state index contributed by atoms with van der Waals surface area (Å²) in [4.78, 5) is 26.6. The number of carbonyl (C=O) groups is 2. The Bertz CT molecular complexity index is 2310. The molecule has 0 unspecified atom stereocenters. The number of rotatable bonds is 24. The van der Waals surface area contributed by atoms with Crippen LogP contribution >= 0.6 is 0 Å². The Hall–Kier alpha value is -0.860. The monoisotopic (exact) mass is 493 g/mol. The molecule has 0 saturated carbocycles. The van der Waals surface area contributed by atoms with Gasteiger partial charge >= 0.3 is 11.9 Å². The van der Waals surface area contributed by atoms with Crippen LogP contribution in [0.4, 0.5) is 0 Å². The largest absolute Gasteiger partial charge is 0.393 e. The standard InChI is InChI=1S/C28H54O3/c1-3-5-7-9-11-13-15-17-19-21-23-25-27(29)31-28(30)26-24-22-20-18-16-14-12-10-8-6-4-2/h3-26H2,1-2H3/i1D3,2D3,3D2,4D2,5D2,6D2,7D2,8D2,9D2,10D2,11D2,12D2,13D2,14D2,15D2,16D2,17D2,18D2,19D2,20D2,21D2,22D2,23D2,24D2,25D2,26D2. The minimum Gasteiger partial charge on any atom is -0.393 e. The van der Waals surface area contributed by atoms with Crippen LogP contribution in [-0.2, 0) is 14.3 Å². The second-order valence-corrected chi connectivity index (χ2v) is 3.68. The van der Waals surface area contributed by atoms with E-state index in [1.807, 2.05) is 0 Å². The first kappa shape index (κ1) is 3.70. The average Bonchev–Trinajstić information content (AvgIpc) is 3.26. The molecule has 0 aliphatic carbocycles. The molecule has 0 fully saturated rings. The molecule has 0 N–H and O–H groups in total. The van der Waals surface area contributed by atoms with Gasteiger partial charge in [0, 0.05) is 86.8 Å². The fourth-order valence-corrected chi connectivity index (χ4v) is 0.862. The quantitative estimate of drug-likeness (QED) is 0.0994. The highest BCUT2D eigenvalue weighted by Gasteiger charge is 2.09. The van der Waals surface area contributed by atoms with Crippen molar-refractivity contribution in [2.75, 3.05) is 0 Å². The van der Waals surface area contributed by atoms with Crippen LogP contribution in [0, 0.1) is 0 Å². The lowest BCUT2D eigenvalue weighted by Crippen LogP contribution is -2.11. The normalized spacial score (nSPS) is 48.8. The molecule has 3 nitrogen and oxygen atoms in total. The molecular formula is C28H54O3. The van der Waals surface area contributed by atoms with Crippen LogP contribution in [0.25, 0.3) is 0 Å². The summed E-state index contributed by atoms with van der Waals surface area (Å²) in [6.45, 7) is -8.51. The van der Waals surface area contributed by atoms with Gasteiger partial charge in [-0.15, -0.1) is 0 Å². The highest BCUT2D eigenvalue weighted by atomic mass is 16.6. The van der Waals surface area contributed by atoms with Gasteiger partial charge in [-0.1, -0.05) is 141 Å². The Morgan fingerprint density at radius 2 is 0.742 bits per heavy atom. The summed E-state index contributed by atoms with van der Waals surface area (Å²) in [6.07, 6.45) is -125. The van der Waals surface area contributed by atoms with Crippen molar-refractivity contribution in [1.29, 1.82) is 0 Å². The first-order valence-electron chi connectivity index (χ1n) is 34.3. The molecular weight excluding hydrogens is 384 g/mol. The van der Waals surface area contributed by atoms with Crippen LogP contribution in [0.2, 0.25) is 0 Å². The molecule has 0 heterocycles. The number of ether oxygens (including phenoxy) is 1. The van der Waals surface area contributed by atoms with E-state index in [2.05, 4.69) is 4.74 Å². The molecule has 3 heteroatoms. The van der Waals surface area contributed by atoms with E-state index in [9.17, 15) is 9.59 Å². The Kier molecular flexibility index (Phi) is 3.03. The van der Waals surface area contributed by atoms with Crippen molar-refractivity contribution in [1.82, 2.24) is 0 Å². The second kappa shape index (κ2) is 25.4. The van der Waals surface area contributed by atoms with Gasteiger partial charge in [0.1, 0.15) is 0 Å². The third-order valence-corrected chi connectivity index (χ3v) is 1.76. The van der Waals surface area contributed by atoms with Crippen LogP contribution in [0.15, 0.2) is 0 Å². The van der Waals surface area contributed by atoms with Crippen molar-refractivity contribution in [3.63, 3.8) is 0 Å². The minimum atomic E-state index is -5.45. The summed E-state index contributed by atoms with van der Waals surface area (Å²) < 4.78 is 437. The Labute approximate surface area is 270 Å². The van der Waals surface area contributed by atoms with E-state index < -0.39 is 179 Å². The van der Waals surface area contributed by atoms with Gasteiger partial charge in [0.2, 0.25) is 0 Å². The molecule has 0 aliphatic heterocycles. The molecule has 0 radical (unpaired) electrons. The molecule has 0 aromatic rings. The molecule has 0 saturated heterocycles. The zero-order valence-electron chi connectivity index (χ0n) is 69.2. The van der Waals surface area contributed by atoms with Gasteiger partial charge < -0.3 is 4.74 Å². The van der Waals surface area contributed by atoms with Gasteiger partial charge in [-0.05, 0) is 12.7 Å². The van der Waals surface area contributed by atoms with Crippen molar-refractivity contribution >= 4 is 11.9 Å². The molecule has 0 spiro atoms. The zero-order valence-corrected chi connectivity index (χ0v) is 15.2.